The lowest BCUT2D eigenvalue weighted by Gasteiger charge is -2.05. The van der Waals surface area contributed by atoms with Crippen molar-refractivity contribution in [3.63, 3.8) is 0 Å². The molecule has 0 aliphatic carbocycles. The van der Waals surface area contributed by atoms with Crippen LogP contribution in [0, 0.1) is 0 Å². The van der Waals surface area contributed by atoms with E-state index in [4.69, 9.17) is 9.84 Å². The number of rotatable bonds is 5. The number of benzene rings is 1. The van der Waals surface area contributed by atoms with Crippen LogP contribution in [0.3, 0.4) is 0 Å². The predicted octanol–water partition coefficient (Wildman–Crippen LogP) is 1.41. The lowest BCUT2D eigenvalue weighted by molar-refractivity contribution is -0.116. The van der Waals surface area contributed by atoms with Crippen LogP contribution in [0.1, 0.15) is 12.8 Å². The summed E-state index contributed by atoms with van der Waals surface area (Å²) in [5, 5.41) is 11.3. The van der Waals surface area contributed by atoms with E-state index in [9.17, 15) is 4.79 Å². The normalized spacial score (nSPS) is 9.73. The summed E-state index contributed by atoms with van der Waals surface area (Å²) in [7, 11) is 1.59. The van der Waals surface area contributed by atoms with E-state index < -0.39 is 0 Å². The second kappa shape index (κ2) is 6.03. The number of hydrogen-bond donors (Lipinski definition) is 2. The van der Waals surface area contributed by atoms with Crippen LogP contribution in [-0.2, 0) is 4.79 Å². The molecule has 0 saturated heterocycles. The number of aliphatic hydroxyl groups excluding tert-OH is 1. The fourth-order valence-electron chi connectivity index (χ4n) is 1.14. The molecule has 2 N–H and O–H groups in total. The number of amides is 1. The minimum Gasteiger partial charge on any atom is -0.497 e. The Morgan fingerprint density at radius 2 is 2.07 bits per heavy atom. The largest absolute Gasteiger partial charge is 0.497 e. The van der Waals surface area contributed by atoms with Gasteiger partial charge in [-0.3, -0.25) is 4.79 Å². The molecule has 1 rings (SSSR count). The summed E-state index contributed by atoms with van der Waals surface area (Å²) in [4.78, 5) is 11.3. The van der Waals surface area contributed by atoms with Gasteiger partial charge in [0.25, 0.3) is 0 Å². The summed E-state index contributed by atoms with van der Waals surface area (Å²) in [5.41, 5.74) is 0.735. The molecule has 0 bridgehead atoms. The smallest absolute Gasteiger partial charge is 0.224 e. The first-order valence-electron chi connectivity index (χ1n) is 4.81. The van der Waals surface area contributed by atoms with Crippen LogP contribution in [0.15, 0.2) is 24.3 Å². The van der Waals surface area contributed by atoms with Crippen LogP contribution in [-0.4, -0.2) is 24.7 Å². The first kappa shape index (κ1) is 11.5. The van der Waals surface area contributed by atoms with Crippen molar-refractivity contribution in [3.8, 4) is 5.75 Å². The van der Waals surface area contributed by atoms with Crippen LogP contribution >= 0.6 is 0 Å². The average Bonchev–Trinajstić information content (AvgIpc) is 2.27. The van der Waals surface area contributed by atoms with Gasteiger partial charge in [0.15, 0.2) is 0 Å². The minimum absolute atomic E-state index is 0.0377. The van der Waals surface area contributed by atoms with E-state index in [1.54, 1.807) is 31.4 Å². The molecule has 1 amide bonds. The Morgan fingerprint density at radius 3 is 2.60 bits per heavy atom. The Morgan fingerprint density at radius 1 is 1.40 bits per heavy atom. The van der Waals surface area contributed by atoms with E-state index in [2.05, 4.69) is 5.32 Å². The topological polar surface area (TPSA) is 58.6 Å². The van der Waals surface area contributed by atoms with E-state index in [0.29, 0.717) is 12.8 Å². The summed E-state index contributed by atoms with van der Waals surface area (Å²) in [5.74, 6) is 0.664. The summed E-state index contributed by atoms with van der Waals surface area (Å²) in [6, 6.07) is 7.11. The highest BCUT2D eigenvalue weighted by Gasteiger charge is 2.01. The van der Waals surface area contributed by atoms with E-state index >= 15 is 0 Å². The van der Waals surface area contributed by atoms with E-state index in [1.807, 2.05) is 0 Å². The fourth-order valence-corrected chi connectivity index (χ4v) is 1.14. The highest BCUT2D eigenvalue weighted by atomic mass is 16.5. The van der Waals surface area contributed by atoms with Crippen molar-refractivity contribution in [2.75, 3.05) is 19.0 Å². The Balaban J connectivity index is 2.46. The Hall–Kier alpha value is -1.55. The third-order valence-corrected chi connectivity index (χ3v) is 1.94. The molecule has 1 aromatic carbocycles. The van der Waals surface area contributed by atoms with Crippen molar-refractivity contribution in [1.29, 1.82) is 0 Å². The standard InChI is InChI=1S/C11H15NO3/c1-15-10-6-4-9(5-7-10)12-11(14)3-2-8-13/h4-7,13H,2-3,8H2,1H3,(H,12,14). The zero-order valence-electron chi connectivity index (χ0n) is 8.69. The number of methoxy groups -OCH3 is 1. The third-order valence-electron chi connectivity index (χ3n) is 1.94. The molecule has 4 heteroatoms. The quantitative estimate of drug-likeness (QED) is 0.770. The molecule has 0 aromatic heterocycles. The summed E-state index contributed by atoms with van der Waals surface area (Å²) >= 11 is 0. The van der Waals surface area contributed by atoms with Gasteiger partial charge in [-0.25, -0.2) is 0 Å². The van der Waals surface area contributed by atoms with E-state index in [0.717, 1.165) is 11.4 Å². The third kappa shape index (κ3) is 3.99. The van der Waals surface area contributed by atoms with Crippen molar-refractivity contribution in [2.24, 2.45) is 0 Å². The van der Waals surface area contributed by atoms with Gasteiger partial charge in [-0.15, -0.1) is 0 Å². The lowest BCUT2D eigenvalue weighted by atomic mass is 10.2. The number of aliphatic hydroxyl groups is 1. The molecule has 82 valence electrons. The molecular weight excluding hydrogens is 194 g/mol. The van der Waals surface area contributed by atoms with Crippen molar-refractivity contribution in [2.45, 2.75) is 12.8 Å². The summed E-state index contributed by atoms with van der Waals surface area (Å²) in [6.07, 6.45) is 0.824. The zero-order valence-corrected chi connectivity index (χ0v) is 8.69. The highest BCUT2D eigenvalue weighted by molar-refractivity contribution is 5.90. The maximum atomic E-state index is 11.3. The number of ether oxygens (including phenoxy) is 1. The molecule has 0 fully saturated rings. The molecule has 0 saturated carbocycles. The van der Waals surface area contributed by atoms with Crippen LogP contribution in [0.25, 0.3) is 0 Å². The molecule has 0 spiro atoms. The molecule has 1 aromatic rings. The van der Waals surface area contributed by atoms with Gasteiger partial charge < -0.3 is 15.2 Å². The number of hydrogen-bond acceptors (Lipinski definition) is 3. The van der Waals surface area contributed by atoms with Crippen LogP contribution in [0.5, 0.6) is 5.75 Å². The monoisotopic (exact) mass is 209 g/mol. The van der Waals surface area contributed by atoms with Gasteiger partial charge in [-0.1, -0.05) is 0 Å². The van der Waals surface area contributed by atoms with Gasteiger partial charge in [-0.2, -0.15) is 0 Å². The number of nitrogens with one attached hydrogen (secondary N) is 1. The van der Waals surface area contributed by atoms with Gasteiger partial charge in [0, 0.05) is 18.7 Å². The maximum Gasteiger partial charge on any atom is 0.224 e. The lowest BCUT2D eigenvalue weighted by Crippen LogP contribution is -2.11. The second-order valence-electron chi connectivity index (χ2n) is 3.10. The Labute approximate surface area is 88.9 Å². The van der Waals surface area contributed by atoms with Crippen molar-refractivity contribution < 1.29 is 14.6 Å². The van der Waals surface area contributed by atoms with Crippen molar-refractivity contribution >= 4 is 11.6 Å². The SMILES string of the molecule is COc1ccc(NC(=O)CCCO)cc1. The molecule has 0 heterocycles. The molecule has 0 atom stereocenters. The van der Waals surface area contributed by atoms with Gasteiger partial charge in [0.1, 0.15) is 5.75 Å². The van der Waals surface area contributed by atoms with Gasteiger partial charge in [0.05, 0.1) is 7.11 Å². The Kier molecular flexibility index (Phi) is 4.63. The number of carbonyl (C=O) groups excluding carboxylic acids is 1. The molecule has 0 aliphatic rings. The first-order valence-corrected chi connectivity index (χ1v) is 4.81. The van der Waals surface area contributed by atoms with Gasteiger partial charge >= 0.3 is 0 Å². The Bertz CT molecular complexity index is 308. The molecule has 4 nitrogen and oxygen atoms in total. The van der Waals surface area contributed by atoms with E-state index in [1.165, 1.54) is 0 Å². The van der Waals surface area contributed by atoms with Gasteiger partial charge in [-0.05, 0) is 30.7 Å². The predicted molar refractivity (Wildman–Crippen MR) is 57.9 cm³/mol. The maximum absolute atomic E-state index is 11.3. The number of anilines is 1. The zero-order chi connectivity index (χ0) is 11.1. The molecule has 15 heavy (non-hydrogen) atoms. The van der Waals surface area contributed by atoms with Crippen molar-refractivity contribution in [1.82, 2.24) is 0 Å². The summed E-state index contributed by atoms with van der Waals surface area (Å²) < 4.78 is 4.99. The molecular formula is C11H15NO3. The second-order valence-corrected chi connectivity index (χ2v) is 3.10. The molecule has 0 radical (unpaired) electrons. The highest BCUT2D eigenvalue weighted by Crippen LogP contribution is 2.15. The minimum atomic E-state index is -0.0887. The number of carbonyl (C=O) groups is 1. The van der Waals surface area contributed by atoms with Crippen LogP contribution in [0.4, 0.5) is 5.69 Å². The van der Waals surface area contributed by atoms with Crippen molar-refractivity contribution in [3.05, 3.63) is 24.3 Å². The van der Waals surface area contributed by atoms with Crippen LogP contribution < -0.4 is 10.1 Å². The summed E-state index contributed by atoms with van der Waals surface area (Å²) in [6.45, 7) is 0.0377. The fraction of sp³-hybridized carbons (Fsp3) is 0.364. The van der Waals surface area contributed by atoms with Gasteiger partial charge in [0.2, 0.25) is 5.91 Å². The first-order chi connectivity index (χ1) is 7.26. The van der Waals surface area contributed by atoms with Crippen LogP contribution in [0.2, 0.25) is 0 Å². The molecule has 0 aliphatic heterocycles. The van der Waals surface area contributed by atoms with E-state index in [-0.39, 0.29) is 12.5 Å². The average molecular weight is 209 g/mol. The molecule has 0 unspecified atom stereocenters.